The van der Waals surface area contributed by atoms with E-state index in [4.69, 9.17) is 14.7 Å². The maximum atomic E-state index is 11.0. The van der Waals surface area contributed by atoms with Crippen LogP contribution in [0.3, 0.4) is 0 Å². The number of hydrogen-bond acceptors (Lipinski definition) is 4. The fraction of sp³-hybridized carbons (Fsp3) is 0.273. The first-order valence-corrected chi connectivity index (χ1v) is 4.41. The molecule has 0 bridgehead atoms. The van der Waals surface area contributed by atoms with Crippen molar-refractivity contribution in [2.75, 3.05) is 13.7 Å². The van der Waals surface area contributed by atoms with Gasteiger partial charge in [-0.25, -0.2) is 0 Å². The topological polar surface area (TPSA) is 59.3 Å². The molecule has 4 nitrogen and oxygen atoms in total. The molecule has 0 saturated heterocycles. The SMILES string of the molecule is COc1ccc(OCC(=O)CC#N)cc1. The molecule has 0 aliphatic heterocycles. The molecule has 0 amide bonds. The number of nitrogens with zero attached hydrogens (tertiary/aromatic N) is 1. The van der Waals surface area contributed by atoms with Gasteiger partial charge in [0.1, 0.15) is 18.1 Å². The van der Waals surface area contributed by atoms with Gasteiger partial charge >= 0.3 is 0 Å². The fourth-order valence-electron chi connectivity index (χ4n) is 0.975. The second-order valence-corrected chi connectivity index (χ2v) is 2.84. The molecular weight excluding hydrogens is 194 g/mol. The summed E-state index contributed by atoms with van der Waals surface area (Å²) in [5.74, 6) is 1.08. The third kappa shape index (κ3) is 3.69. The molecule has 1 aromatic carbocycles. The summed E-state index contributed by atoms with van der Waals surface area (Å²) in [7, 11) is 1.58. The van der Waals surface area contributed by atoms with Crippen molar-refractivity contribution in [3.05, 3.63) is 24.3 Å². The van der Waals surface area contributed by atoms with Gasteiger partial charge in [0.15, 0.2) is 5.78 Å². The zero-order valence-electron chi connectivity index (χ0n) is 8.40. The van der Waals surface area contributed by atoms with E-state index < -0.39 is 0 Å². The average molecular weight is 205 g/mol. The highest BCUT2D eigenvalue weighted by Crippen LogP contribution is 2.16. The zero-order chi connectivity index (χ0) is 11.1. The predicted molar refractivity (Wildman–Crippen MR) is 53.7 cm³/mol. The van der Waals surface area contributed by atoms with Crippen molar-refractivity contribution in [1.82, 2.24) is 0 Å². The van der Waals surface area contributed by atoms with E-state index in [1.54, 1.807) is 37.4 Å². The third-order valence-electron chi connectivity index (χ3n) is 1.74. The van der Waals surface area contributed by atoms with E-state index in [9.17, 15) is 4.79 Å². The van der Waals surface area contributed by atoms with Crippen LogP contribution in [0.4, 0.5) is 0 Å². The van der Waals surface area contributed by atoms with Crippen molar-refractivity contribution in [3.63, 3.8) is 0 Å². The Morgan fingerprint density at radius 2 is 1.93 bits per heavy atom. The Balaban J connectivity index is 2.45. The lowest BCUT2D eigenvalue weighted by Gasteiger charge is -2.04. The maximum Gasteiger partial charge on any atom is 0.184 e. The number of Topliss-reactive ketones (excluding diaryl/α,β-unsaturated/α-hetero) is 1. The molecular formula is C11H11NO3. The van der Waals surface area contributed by atoms with Crippen molar-refractivity contribution < 1.29 is 14.3 Å². The summed E-state index contributed by atoms with van der Waals surface area (Å²) in [6, 6.07) is 8.67. The summed E-state index contributed by atoms with van der Waals surface area (Å²) in [6.07, 6.45) is -0.115. The Bertz CT molecular complexity index is 364. The highest BCUT2D eigenvalue weighted by molar-refractivity contribution is 5.81. The van der Waals surface area contributed by atoms with Crippen molar-refractivity contribution >= 4 is 5.78 Å². The molecule has 1 rings (SSSR count). The van der Waals surface area contributed by atoms with E-state index in [1.165, 1.54) is 0 Å². The van der Waals surface area contributed by atoms with Gasteiger partial charge < -0.3 is 9.47 Å². The highest BCUT2D eigenvalue weighted by Gasteiger charge is 2.02. The highest BCUT2D eigenvalue weighted by atomic mass is 16.5. The fourth-order valence-corrected chi connectivity index (χ4v) is 0.975. The summed E-state index contributed by atoms with van der Waals surface area (Å²) >= 11 is 0. The molecule has 0 N–H and O–H groups in total. The largest absolute Gasteiger partial charge is 0.497 e. The van der Waals surface area contributed by atoms with Crippen LogP contribution < -0.4 is 9.47 Å². The quantitative estimate of drug-likeness (QED) is 0.731. The van der Waals surface area contributed by atoms with Crippen LogP contribution in [0, 0.1) is 11.3 Å². The second-order valence-electron chi connectivity index (χ2n) is 2.84. The number of ketones is 1. The van der Waals surface area contributed by atoms with Gasteiger partial charge in [-0.05, 0) is 24.3 Å². The van der Waals surface area contributed by atoms with Gasteiger partial charge in [0.2, 0.25) is 0 Å². The van der Waals surface area contributed by atoms with Gasteiger partial charge in [-0.15, -0.1) is 0 Å². The summed E-state index contributed by atoms with van der Waals surface area (Å²) in [5, 5.41) is 8.26. The molecule has 0 fully saturated rings. The maximum absolute atomic E-state index is 11.0. The molecule has 0 aliphatic carbocycles. The standard InChI is InChI=1S/C11H11NO3/c1-14-10-2-4-11(5-3-10)15-8-9(13)6-7-12/h2-5H,6,8H2,1H3. The molecule has 15 heavy (non-hydrogen) atoms. The lowest BCUT2D eigenvalue weighted by atomic mass is 10.3. The first-order valence-electron chi connectivity index (χ1n) is 4.41. The van der Waals surface area contributed by atoms with Crippen LogP contribution in [0.15, 0.2) is 24.3 Å². The number of methoxy groups -OCH3 is 1. The van der Waals surface area contributed by atoms with Gasteiger partial charge in [-0.1, -0.05) is 0 Å². The monoisotopic (exact) mass is 205 g/mol. The van der Waals surface area contributed by atoms with Crippen molar-refractivity contribution in [2.45, 2.75) is 6.42 Å². The summed E-state index contributed by atoms with van der Waals surface area (Å²) < 4.78 is 10.1. The van der Waals surface area contributed by atoms with Gasteiger partial charge in [0.05, 0.1) is 19.6 Å². The van der Waals surface area contributed by atoms with Crippen molar-refractivity contribution in [1.29, 1.82) is 5.26 Å². The number of ether oxygens (including phenoxy) is 2. The number of nitriles is 1. The van der Waals surface area contributed by atoms with E-state index in [0.717, 1.165) is 5.75 Å². The van der Waals surface area contributed by atoms with Crippen LogP contribution in [0.25, 0.3) is 0 Å². The second kappa shape index (κ2) is 5.66. The Morgan fingerprint density at radius 1 is 1.33 bits per heavy atom. The number of hydrogen-bond donors (Lipinski definition) is 0. The van der Waals surface area contributed by atoms with Gasteiger partial charge in [-0.3, -0.25) is 4.79 Å². The number of benzene rings is 1. The predicted octanol–water partition coefficient (Wildman–Crippen LogP) is 1.56. The molecule has 0 aliphatic rings. The Morgan fingerprint density at radius 3 is 2.47 bits per heavy atom. The Kier molecular flexibility index (Phi) is 4.17. The third-order valence-corrected chi connectivity index (χ3v) is 1.74. The normalized spacial score (nSPS) is 9.07. The minimum atomic E-state index is -0.228. The van der Waals surface area contributed by atoms with E-state index in [2.05, 4.69) is 0 Å². The number of carbonyl (C=O) groups is 1. The van der Waals surface area contributed by atoms with Gasteiger partial charge in [0.25, 0.3) is 0 Å². The van der Waals surface area contributed by atoms with Crippen LogP contribution in [-0.4, -0.2) is 19.5 Å². The zero-order valence-corrected chi connectivity index (χ0v) is 8.40. The molecule has 0 unspecified atom stereocenters. The molecule has 0 heterocycles. The van der Waals surface area contributed by atoms with E-state index in [-0.39, 0.29) is 18.8 Å². The lowest BCUT2D eigenvalue weighted by molar-refractivity contribution is -0.120. The average Bonchev–Trinajstić information content (AvgIpc) is 2.27. The molecule has 4 heteroatoms. The van der Waals surface area contributed by atoms with Gasteiger partial charge in [-0.2, -0.15) is 5.26 Å². The smallest absolute Gasteiger partial charge is 0.184 e. The van der Waals surface area contributed by atoms with E-state index in [1.807, 2.05) is 0 Å². The van der Waals surface area contributed by atoms with Crippen molar-refractivity contribution in [2.24, 2.45) is 0 Å². The molecule has 0 radical (unpaired) electrons. The molecule has 0 saturated carbocycles. The summed E-state index contributed by atoms with van der Waals surface area (Å²) in [5.41, 5.74) is 0. The van der Waals surface area contributed by atoms with Crippen LogP contribution in [0.5, 0.6) is 11.5 Å². The molecule has 0 aromatic heterocycles. The lowest BCUT2D eigenvalue weighted by Crippen LogP contribution is -2.09. The minimum absolute atomic E-state index is 0.0696. The number of rotatable bonds is 5. The van der Waals surface area contributed by atoms with Crippen LogP contribution in [0.2, 0.25) is 0 Å². The van der Waals surface area contributed by atoms with Crippen LogP contribution >= 0.6 is 0 Å². The first-order chi connectivity index (χ1) is 7.26. The van der Waals surface area contributed by atoms with E-state index >= 15 is 0 Å². The van der Waals surface area contributed by atoms with Crippen molar-refractivity contribution in [3.8, 4) is 17.6 Å². The summed E-state index contributed by atoms with van der Waals surface area (Å²) in [4.78, 5) is 11.0. The Hall–Kier alpha value is -2.02. The van der Waals surface area contributed by atoms with Crippen LogP contribution in [-0.2, 0) is 4.79 Å². The van der Waals surface area contributed by atoms with Gasteiger partial charge in [0, 0.05) is 0 Å². The minimum Gasteiger partial charge on any atom is -0.497 e. The molecule has 1 aromatic rings. The molecule has 0 spiro atoms. The Labute approximate surface area is 88.0 Å². The van der Waals surface area contributed by atoms with E-state index in [0.29, 0.717) is 5.75 Å². The number of carbonyl (C=O) groups excluding carboxylic acids is 1. The molecule has 78 valence electrons. The summed E-state index contributed by atoms with van der Waals surface area (Å²) in [6.45, 7) is -0.0696. The first kappa shape index (κ1) is 11.1. The molecule has 0 atom stereocenters. The van der Waals surface area contributed by atoms with Crippen LogP contribution in [0.1, 0.15) is 6.42 Å².